The Bertz CT molecular complexity index is 502. The maximum atomic E-state index is 13.9. The number of nitrogens with one attached hydrogen (secondary N) is 1. The molecular formula is C15H24FNO2S. The molecule has 1 unspecified atom stereocenters. The van der Waals surface area contributed by atoms with E-state index in [1.807, 2.05) is 0 Å². The number of sulfone groups is 1. The first-order valence-corrected chi connectivity index (χ1v) is 8.97. The molecule has 1 aromatic rings. The Labute approximate surface area is 121 Å². The molecule has 1 N–H and O–H groups in total. The molecule has 0 amide bonds. The van der Waals surface area contributed by atoms with E-state index in [1.54, 1.807) is 25.1 Å². The number of benzene rings is 1. The summed E-state index contributed by atoms with van der Waals surface area (Å²) in [6.07, 6.45) is 1.45. The van der Waals surface area contributed by atoms with Crippen LogP contribution in [-0.4, -0.2) is 33.0 Å². The number of rotatable bonds is 9. The van der Waals surface area contributed by atoms with E-state index in [1.165, 1.54) is 6.07 Å². The van der Waals surface area contributed by atoms with E-state index in [4.69, 9.17) is 0 Å². The topological polar surface area (TPSA) is 46.2 Å². The van der Waals surface area contributed by atoms with Crippen LogP contribution in [0.5, 0.6) is 0 Å². The van der Waals surface area contributed by atoms with Crippen molar-refractivity contribution in [3.63, 3.8) is 0 Å². The highest BCUT2D eigenvalue weighted by atomic mass is 32.2. The minimum Gasteiger partial charge on any atom is -0.316 e. The lowest BCUT2D eigenvalue weighted by Crippen LogP contribution is -2.25. The Balaban J connectivity index is 2.78. The van der Waals surface area contributed by atoms with Gasteiger partial charge in [-0.05, 0) is 31.0 Å². The molecule has 114 valence electrons. The number of halogens is 1. The second-order valence-electron chi connectivity index (χ2n) is 4.95. The van der Waals surface area contributed by atoms with Crippen molar-refractivity contribution in [3.8, 4) is 0 Å². The molecular weight excluding hydrogens is 277 g/mol. The lowest BCUT2D eigenvalue weighted by atomic mass is 9.96. The third-order valence-electron chi connectivity index (χ3n) is 3.38. The second kappa shape index (κ2) is 8.37. The highest BCUT2D eigenvalue weighted by molar-refractivity contribution is 7.91. The number of hydrogen-bond donors (Lipinski definition) is 1. The molecule has 0 aliphatic carbocycles. The molecule has 0 aliphatic rings. The quantitative estimate of drug-likeness (QED) is 0.713. The van der Waals surface area contributed by atoms with Gasteiger partial charge in [0.1, 0.15) is 15.7 Å². The van der Waals surface area contributed by atoms with Gasteiger partial charge in [0.2, 0.25) is 0 Å². The van der Waals surface area contributed by atoms with Crippen molar-refractivity contribution in [1.82, 2.24) is 5.32 Å². The molecule has 0 bridgehead atoms. The van der Waals surface area contributed by atoms with E-state index in [0.717, 1.165) is 13.0 Å². The predicted octanol–water partition coefficient (Wildman–Crippen LogP) is 2.73. The van der Waals surface area contributed by atoms with Crippen LogP contribution in [0, 0.1) is 5.82 Å². The average molecular weight is 301 g/mol. The smallest absolute Gasteiger partial charge is 0.150 e. The molecule has 0 saturated carbocycles. The summed E-state index contributed by atoms with van der Waals surface area (Å²) in [4.78, 5) is 0. The van der Waals surface area contributed by atoms with Crippen molar-refractivity contribution in [2.24, 2.45) is 0 Å². The van der Waals surface area contributed by atoms with Gasteiger partial charge in [-0.2, -0.15) is 0 Å². The summed E-state index contributed by atoms with van der Waals surface area (Å²) in [6.45, 7) is 5.16. The Morgan fingerprint density at radius 1 is 1.25 bits per heavy atom. The second-order valence-corrected chi connectivity index (χ2v) is 7.42. The summed E-state index contributed by atoms with van der Waals surface area (Å²) in [5.41, 5.74) is 0.599. The van der Waals surface area contributed by atoms with Gasteiger partial charge in [0.05, 0.1) is 5.75 Å². The Hall–Kier alpha value is -0.940. The third-order valence-corrected chi connectivity index (χ3v) is 5.12. The molecule has 0 radical (unpaired) electrons. The summed E-state index contributed by atoms with van der Waals surface area (Å²) >= 11 is 0. The Morgan fingerprint density at radius 2 is 1.95 bits per heavy atom. The van der Waals surface area contributed by atoms with Crippen LogP contribution in [0.2, 0.25) is 0 Å². The van der Waals surface area contributed by atoms with Crippen molar-refractivity contribution in [2.75, 3.05) is 24.6 Å². The molecule has 5 heteroatoms. The van der Waals surface area contributed by atoms with Crippen molar-refractivity contribution in [3.05, 3.63) is 35.6 Å². The van der Waals surface area contributed by atoms with E-state index in [9.17, 15) is 12.8 Å². The molecule has 0 spiro atoms. The van der Waals surface area contributed by atoms with E-state index in [0.29, 0.717) is 18.5 Å². The van der Waals surface area contributed by atoms with Gasteiger partial charge in [-0.25, -0.2) is 12.8 Å². The standard InChI is InChI=1S/C15H24FNO2S/c1-3-10-17-12-13(9-11-20(18,19)4-2)14-7-5-6-8-15(14)16/h5-8,13,17H,3-4,9-12H2,1-2H3. The summed E-state index contributed by atoms with van der Waals surface area (Å²) in [5.74, 6) is -0.121. The van der Waals surface area contributed by atoms with Crippen molar-refractivity contribution in [1.29, 1.82) is 0 Å². The van der Waals surface area contributed by atoms with E-state index < -0.39 is 9.84 Å². The van der Waals surface area contributed by atoms with E-state index in [2.05, 4.69) is 12.2 Å². The van der Waals surface area contributed by atoms with Gasteiger partial charge in [0, 0.05) is 18.2 Å². The monoisotopic (exact) mass is 301 g/mol. The molecule has 0 aliphatic heterocycles. The maximum absolute atomic E-state index is 13.9. The molecule has 1 rings (SSSR count). The summed E-state index contributed by atoms with van der Waals surface area (Å²) < 4.78 is 37.1. The molecule has 1 aromatic carbocycles. The van der Waals surface area contributed by atoms with Crippen LogP contribution < -0.4 is 5.32 Å². The largest absolute Gasteiger partial charge is 0.316 e. The molecule has 0 heterocycles. The summed E-state index contributed by atoms with van der Waals surface area (Å²) in [5, 5.41) is 3.25. The van der Waals surface area contributed by atoms with Crippen LogP contribution in [0.3, 0.4) is 0 Å². The zero-order valence-electron chi connectivity index (χ0n) is 12.2. The summed E-state index contributed by atoms with van der Waals surface area (Å²) in [7, 11) is -3.02. The first-order chi connectivity index (χ1) is 9.50. The fourth-order valence-corrected chi connectivity index (χ4v) is 3.03. The van der Waals surface area contributed by atoms with E-state index >= 15 is 0 Å². The van der Waals surface area contributed by atoms with Crippen molar-refractivity contribution < 1.29 is 12.8 Å². The zero-order chi connectivity index (χ0) is 15.0. The van der Waals surface area contributed by atoms with Gasteiger partial charge in [-0.1, -0.05) is 32.0 Å². The van der Waals surface area contributed by atoms with Crippen molar-refractivity contribution in [2.45, 2.75) is 32.6 Å². The predicted molar refractivity (Wildman–Crippen MR) is 81.2 cm³/mol. The van der Waals surface area contributed by atoms with Crippen LogP contribution in [0.25, 0.3) is 0 Å². The number of hydrogen-bond acceptors (Lipinski definition) is 3. The Kier molecular flexibility index (Phi) is 7.16. The van der Waals surface area contributed by atoms with Crippen LogP contribution in [0.15, 0.2) is 24.3 Å². The van der Waals surface area contributed by atoms with Gasteiger partial charge in [-0.3, -0.25) is 0 Å². The summed E-state index contributed by atoms with van der Waals surface area (Å²) in [6, 6.07) is 6.61. The minimum absolute atomic E-state index is 0.107. The molecule has 20 heavy (non-hydrogen) atoms. The fraction of sp³-hybridized carbons (Fsp3) is 0.600. The first kappa shape index (κ1) is 17.1. The Morgan fingerprint density at radius 3 is 2.55 bits per heavy atom. The van der Waals surface area contributed by atoms with Crippen LogP contribution in [-0.2, 0) is 9.84 Å². The van der Waals surface area contributed by atoms with Gasteiger partial charge in [0.15, 0.2) is 0 Å². The molecule has 3 nitrogen and oxygen atoms in total. The lowest BCUT2D eigenvalue weighted by Gasteiger charge is -2.18. The molecule has 0 fully saturated rings. The van der Waals surface area contributed by atoms with Crippen LogP contribution >= 0.6 is 0 Å². The normalized spacial score (nSPS) is 13.3. The van der Waals surface area contributed by atoms with Gasteiger partial charge in [0.25, 0.3) is 0 Å². The van der Waals surface area contributed by atoms with Gasteiger partial charge in [-0.15, -0.1) is 0 Å². The molecule has 0 aromatic heterocycles. The highest BCUT2D eigenvalue weighted by Crippen LogP contribution is 2.22. The van der Waals surface area contributed by atoms with E-state index in [-0.39, 0.29) is 23.2 Å². The average Bonchev–Trinajstić information content (AvgIpc) is 2.44. The minimum atomic E-state index is -3.02. The van der Waals surface area contributed by atoms with Crippen molar-refractivity contribution >= 4 is 9.84 Å². The van der Waals surface area contributed by atoms with Gasteiger partial charge < -0.3 is 5.32 Å². The van der Waals surface area contributed by atoms with Crippen LogP contribution in [0.4, 0.5) is 4.39 Å². The van der Waals surface area contributed by atoms with Gasteiger partial charge >= 0.3 is 0 Å². The maximum Gasteiger partial charge on any atom is 0.150 e. The zero-order valence-corrected chi connectivity index (χ0v) is 13.0. The third kappa shape index (κ3) is 5.59. The van der Waals surface area contributed by atoms with Crippen LogP contribution in [0.1, 0.15) is 38.2 Å². The SMILES string of the molecule is CCCNCC(CCS(=O)(=O)CC)c1ccccc1F. The highest BCUT2D eigenvalue weighted by Gasteiger charge is 2.18. The molecule has 1 atom stereocenters. The lowest BCUT2D eigenvalue weighted by molar-refractivity contribution is 0.525. The fourth-order valence-electron chi connectivity index (χ4n) is 2.09. The molecule has 0 saturated heterocycles. The first-order valence-electron chi connectivity index (χ1n) is 7.15.